The predicted molar refractivity (Wildman–Crippen MR) is 125 cm³/mol. The van der Waals surface area contributed by atoms with Crippen LogP contribution in [0.3, 0.4) is 0 Å². The third kappa shape index (κ3) is 6.42. The standard InChI is InChI=1S/C27H30N2O3/c30-25-14-16-29(17-15-25)19-22-8-6-21(7-9-22)18-28-27(31)24-10-12-26(13-11-24)32-20-23-4-2-1-3-5-23/h1-13,25,30H,14-20H2,(H,28,31). The second kappa shape index (κ2) is 10.9. The summed E-state index contributed by atoms with van der Waals surface area (Å²) in [6.45, 7) is 3.77. The minimum absolute atomic E-state index is 0.101. The number of nitrogens with one attached hydrogen (secondary N) is 1. The SMILES string of the molecule is O=C(NCc1ccc(CN2CCC(O)CC2)cc1)c1ccc(OCc2ccccc2)cc1. The van der Waals surface area contributed by atoms with Gasteiger partial charge in [0, 0.05) is 31.7 Å². The van der Waals surface area contributed by atoms with Crippen LogP contribution in [0.4, 0.5) is 0 Å². The number of aliphatic hydroxyl groups is 1. The van der Waals surface area contributed by atoms with Crippen molar-refractivity contribution in [1.82, 2.24) is 10.2 Å². The second-order valence-corrected chi connectivity index (χ2v) is 8.31. The molecule has 3 aromatic carbocycles. The summed E-state index contributed by atoms with van der Waals surface area (Å²) in [5.41, 5.74) is 4.04. The van der Waals surface area contributed by atoms with Crippen LogP contribution in [0.2, 0.25) is 0 Å². The number of hydrogen-bond donors (Lipinski definition) is 2. The minimum atomic E-state index is -0.143. The molecule has 0 spiro atoms. The van der Waals surface area contributed by atoms with E-state index in [0.29, 0.717) is 18.7 Å². The van der Waals surface area contributed by atoms with E-state index in [0.717, 1.165) is 49.4 Å². The van der Waals surface area contributed by atoms with Crippen LogP contribution in [0.1, 0.15) is 39.9 Å². The van der Waals surface area contributed by atoms with Crippen molar-refractivity contribution >= 4 is 5.91 Å². The average Bonchev–Trinajstić information content (AvgIpc) is 2.84. The number of likely N-dealkylation sites (tertiary alicyclic amines) is 1. The average molecular weight is 431 g/mol. The number of aliphatic hydroxyl groups excluding tert-OH is 1. The Hall–Kier alpha value is -3.15. The number of nitrogens with zero attached hydrogens (tertiary/aromatic N) is 1. The van der Waals surface area contributed by atoms with Gasteiger partial charge in [0.05, 0.1) is 6.10 Å². The van der Waals surface area contributed by atoms with Gasteiger partial charge < -0.3 is 15.2 Å². The minimum Gasteiger partial charge on any atom is -0.489 e. The van der Waals surface area contributed by atoms with Crippen LogP contribution in [0.5, 0.6) is 5.75 Å². The molecule has 4 rings (SSSR count). The topological polar surface area (TPSA) is 61.8 Å². The van der Waals surface area contributed by atoms with E-state index >= 15 is 0 Å². The summed E-state index contributed by atoms with van der Waals surface area (Å²) in [6.07, 6.45) is 1.56. The zero-order chi connectivity index (χ0) is 22.2. The first-order chi connectivity index (χ1) is 15.7. The lowest BCUT2D eigenvalue weighted by Crippen LogP contribution is -2.35. The Morgan fingerprint density at radius 2 is 1.53 bits per heavy atom. The summed E-state index contributed by atoms with van der Waals surface area (Å²) in [7, 11) is 0. The van der Waals surface area contributed by atoms with E-state index in [2.05, 4.69) is 34.5 Å². The molecule has 0 radical (unpaired) electrons. The zero-order valence-corrected chi connectivity index (χ0v) is 18.2. The Balaban J connectivity index is 1.22. The van der Waals surface area contributed by atoms with Gasteiger partial charge in [-0.3, -0.25) is 9.69 Å². The third-order valence-electron chi connectivity index (χ3n) is 5.80. The molecule has 0 atom stereocenters. The van der Waals surface area contributed by atoms with E-state index in [1.165, 1.54) is 5.56 Å². The van der Waals surface area contributed by atoms with E-state index in [1.807, 2.05) is 42.5 Å². The molecule has 0 aliphatic carbocycles. The summed E-state index contributed by atoms with van der Waals surface area (Å²) < 4.78 is 5.78. The maximum absolute atomic E-state index is 12.5. The van der Waals surface area contributed by atoms with E-state index in [1.54, 1.807) is 12.1 Å². The largest absolute Gasteiger partial charge is 0.489 e. The molecule has 1 heterocycles. The zero-order valence-electron chi connectivity index (χ0n) is 18.2. The highest BCUT2D eigenvalue weighted by atomic mass is 16.5. The van der Waals surface area contributed by atoms with Crippen molar-refractivity contribution in [3.05, 3.63) is 101 Å². The molecule has 0 bridgehead atoms. The van der Waals surface area contributed by atoms with Crippen molar-refractivity contribution in [2.45, 2.75) is 38.6 Å². The van der Waals surface area contributed by atoms with Gasteiger partial charge in [-0.2, -0.15) is 0 Å². The van der Waals surface area contributed by atoms with Gasteiger partial charge in [-0.1, -0.05) is 54.6 Å². The Morgan fingerprint density at radius 3 is 2.22 bits per heavy atom. The molecule has 5 heteroatoms. The number of carbonyl (C=O) groups excluding carboxylic acids is 1. The van der Waals surface area contributed by atoms with Crippen molar-refractivity contribution in [2.24, 2.45) is 0 Å². The summed E-state index contributed by atoms with van der Waals surface area (Å²) in [5, 5.41) is 12.6. The fourth-order valence-corrected chi connectivity index (χ4v) is 3.83. The van der Waals surface area contributed by atoms with Gasteiger partial charge >= 0.3 is 0 Å². The normalized spacial score (nSPS) is 14.8. The summed E-state index contributed by atoms with van der Waals surface area (Å²) in [4.78, 5) is 14.9. The lowest BCUT2D eigenvalue weighted by molar-refractivity contribution is 0.0792. The first-order valence-electron chi connectivity index (χ1n) is 11.2. The van der Waals surface area contributed by atoms with E-state index in [9.17, 15) is 9.90 Å². The number of carbonyl (C=O) groups is 1. The van der Waals surface area contributed by atoms with Crippen molar-refractivity contribution in [2.75, 3.05) is 13.1 Å². The van der Waals surface area contributed by atoms with Crippen LogP contribution >= 0.6 is 0 Å². The van der Waals surface area contributed by atoms with Gasteiger partial charge in [-0.15, -0.1) is 0 Å². The number of amides is 1. The van der Waals surface area contributed by atoms with Crippen molar-refractivity contribution in [1.29, 1.82) is 0 Å². The fourth-order valence-electron chi connectivity index (χ4n) is 3.83. The number of rotatable bonds is 8. The third-order valence-corrected chi connectivity index (χ3v) is 5.80. The molecule has 1 saturated heterocycles. The maximum atomic E-state index is 12.5. The number of hydrogen-bond acceptors (Lipinski definition) is 4. The van der Waals surface area contributed by atoms with Gasteiger partial charge in [-0.05, 0) is 53.8 Å². The van der Waals surface area contributed by atoms with E-state index < -0.39 is 0 Å². The van der Waals surface area contributed by atoms with Gasteiger partial charge in [-0.25, -0.2) is 0 Å². The smallest absolute Gasteiger partial charge is 0.251 e. The van der Waals surface area contributed by atoms with Gasteiger partial charge in [0.15, 0.2) is 0 Å². The molecule has 0 aromatic heterocycles. The summed E-state index contributed by atoms with van der Waals surface area (Å²) in [6, 6.07) is 25.6. The second-order valence-electron chi connectivity index (χ2n) is 8.31. The first kappa shape index (κ1) is 22.1. The lowest BCUT2D eigenvalue weighted by atomic mass is 10.1. The number of benzene rings is 3. The molecular formula is C27H30N2O3. The quantitative estimate of drug-likeness (QED) is 0.564. The Labute approximate surface area is 189 Å². The molecule has 1 fully saturated rings. The summed E-state index contributed by atoms with van der Waals surface area (Å²) >= 11 is 0. The van der Waals surface area contributed by atoms with E-state index in [4.69, 9.17) is 4.74 Å². The maximum Gasteiger partial charge on any atom is 0.251 e. The van der Waals surface area contributed by atoms with Crippen LogP contribution in [-0.4, -0.2) is 35.1 Å². The van der Waals surface area contributed by atoms with E-state index in [-0.39, 0.29) is 12.0 Å². The van der Waals surface area contributed by atoms with Crippen molar-refractivity contribution in [3.8, 4) is 5.75 Å². The molecular weight excluding hydrogens is 400 g/mol. The molecule has 1 aliphatic rings. The molecule has 0 unspecified atom stereocenters. The molecule has 166 valence electrons. The molecule has 5 nitrogen and oxygen atoms in total. The van der Waals surface area contributed by atoms with Gasteiger partial charge in [0.2, 0.25) is 0 Å². The molecule has 1 amide bonds. The van der Waals surface area contributed by atoms with Gasteiger partial charge in [0.25, 0.3) is 5.91 Å². The lowest BCUT2D eigenvalue weighted by Gasteiger charge is -2.29. The van der Waals surface area contributed by atoms with Gasteiger partial charge in [0.1, 0.15) is 12.4 Å². The number of piperidine rings is 1. The van der Waals surface area contributed by atoms with Crippen LogP contribution in [-0.2, 0) is 19.7 Å². The molecule has 3 aromatic rings. The Bertz CT molecular complexity index is 980. The molecule has 0 saturated carbocycles. The van der Waals surface area contributed by atoms with Crippen LogP contribution in [0.25, 0.3) is 0 Å². The summed E-state index contributed by atoms with van der Waals surface area (Å²) in [5.74, 6) is 0.639. The number of ether oxygens (including phenoxy) is 1. The monoisotopic (exact) mass is 430 g/mol. The van der Waals surface area contributed by atoms with Crippen molar-refractivity contribution in [3.63, 3.8) is 0 Å². The fraction of sp³-hybridized carbons (Fsp3) is 0.296. The highest BCUT2D eigenvalue weighted by Crippen LogP contribution is 2.16. The Morgan fingerprint density at radius 1 is 0.875 bits per heavy atom. The molecule has 1 aliphatic heterocycles. The Kier molecular flexibility index (Phi) is 7.54. The molecule has 2 N–H and O–H groups in total. The highest BCUT2D eigenvalue weighted by molar-refractivity contribution is 5.94. The van der Waals surface area contributed by atoms with Crippen LogP contribution in [0, 0.1) is 0 Å². The first-order valence-corrected chi connectivity index (χ1v) is 11.2. The molecule has 32 heavy (non-hydrogen) atoms. The van der Waals surface area contributed by atoms with Crippen molar-refractivity contribution < 1.29 is 14.6 Å². The predicted octanol–water partition coefficient (Wildman–Crippen LogP) is 4.15. The van der Waals surface area contributed by atoms with Crippen LogP contribution in [0.15, 0.2) is 78.9 Å². The highest BCUT2D eigenvalue weighted by Gasteiger charge is 2.16. The van der Waals surface area contributed by atoms with Crippen LogP contribution < -0.4 is 10.1 Å².